The standard InChI is InChI=1S/C31H44N4O2/c36-30(19-24-7-2-1-3-8-24)33-16-13-25(14-17-33)22-34-15-6-9-27-20-26(11-12-29(27)34)28-21-32-35(23-28)31-10-4-5-18-37-31/h11-12,20-21,23-25,31H,1-10,13-19,22H2. The van der Waals surface area contributed by atoms with Crippen molar-refractivity contribution >= 4 is 11.6 Å². The fourth-order valence-corrected chi connectivity index (χ4v) is 7.07. The van der Waals surface area contributed by atoms with Crippen LogP contribution >= 0.6 is 0 Å². The number of piperidine rings is 1. The van der Waals surface area contributed by atoms with E-state index in [0.29, 0.717) is 17.7 Å². The number of carbonyl (C=O) groups is 1. The van der Waals surface area contributed by atoms with Gasteiger partial charge in [-0.15, -0.1) is 0 Å². The topological polar surface area (TPSA) is 50.6 Å². The molecule has 0 bridgehead atoms. The minimum atomic E-state index is 0.0876. The second kappa shape index (κ2) is 11.6. The van der Waals surface area contributed by atoms with Gasteiger partial charge in [0.15, 0.2) is 0 Å². The summed E-state index contributed by atoms with van der Waals surface area (Å²) in [6.07, 6.45) is 19.6. The number of amides is 1. The Morgan fingerprint density at radius 3 is 2.54 bits per heavy atom. The van der Waals surface area contributed by atoms with Crippen LogP contribution in [0.1, 0.15) is 88.8 Å². The molecule has 4 heterocycles. The number of aryl methyl sites for hydroxylation is 1. The molecule has 6 rings (SSSR count). The molecule has 0 spiro atoms. The molecule has 6 heteroatoms. The lowest BCUT2D eigenvalue weighted by Crippen LogP contribution is -2.43. The summed E-state index contributed by atoms with van der Waals surface area (Å²) in [4.78, 5) is 17.7. The lowest BCUT2D eigenvalue weighted by atomic mass is 9.86. The summed E-state index contributed by atoms with van der Waals surface area (Å²) in [5, 5.41) is 4.62. The van der Waals surface area contributed by atoms with Crippen LogP contribution in [0.5, 0.6) is 0 Å². The molecule has 1 saturated carbocycles. The maximum Gasteiger partial charge on any atom is 0.222 e. The maximum atomic E-state index is 12.9. The first-order chi connectivity index (χ1) is 18.2. The Hall–Kier alpha value is -2.34. The Labute approximate surface area is 222 Å². The zero-order chi connectivity index (χ0) is 25.0. The molecule has 3 aliphatic heterocycles. The summed E-state index contributed by atoms with van der Waals surface area (Å²) < 4.78 is 7.92. The zero-order valence-corrected chi connectivity index (χ0v) is 22.5. The average molecular weight is 505 g/mol. The molecular weight excluding hydrogens is 460 g/mol. The number of hydrogen-bond donors (Lipinski definition) is 0. The van der Waals surface area contributed by atoms with Crippen molar-refractivity contribution in [2.75, 3.05) is 37.7 Å². The summed E-state index contributed by atoms with van der Waals surface area (Å²) >= 11 is 0. The molecule has 0 N–H and O–H groups in total. The quantitative estimate of drug-likeness (QED) is 0.469. The first kappa shape index (κ1) is 25.0. The second-order valence-corrected chi connectivity index (χ2v) is 12.0. The van der Waals surface area contributed by atoms with E-state index in [2.05, 4.69) is 39.3 Å². The van der Waals surface area contributed by atoms with Crippen molar-refractivity contribution in [3.8, 4) is 11.1 Å². The van der Waals surface area contributed by atoms with Crippen LogP contribution in [0.15, 0.2) is 30.6 Å². The Kier molecular flexibility index (Phi) is 7.82. The number of benzene rings is 1. The van der Waals surface area contributed by atoms with Crippen molar-refractivity contribution in [1.29, 1.82) is 0 Å². The van der Waals surface area contributed by atoms with Crippen molar-refractivity contribution in [2.45, 2.75) is 89.7 Å². The van der Waals surface area contributed by atoms with E-state index in [9.17, 15) is 4.79 Å². The highest BCUT2D eigenvalue weighted by Gasteiger charge is 2.28. The van der Waals surface area contributed by atoms with Crippen LogP contribution in [-0.4, -0.2) is 53.4 Å². The Morgan fingerprint density at radius 2 is 1.73 bits per heavy atom. The number of likely N-dealkylation sites (tertiary alicyclic amines) is 1. The minimum absolute atomic E-state index is 0.0876. The Bertz CT molecular complexity index is 1050. The summed E-state index contributed by atoms with van der Waals surface area (Å²) in [6, 6.07) is 6.99. The monoisotopic (exact) mass is 504 g/mol. The van der Waals surface area contributed by atoms with Gasteiger partial charge in [-0.1, -0.05) is 25.3 Å². The smallest absolute Gasteiger partial charge is 0.222 e. The summed E-state index contributed by atoms with van der Waals surface area (Å²) in [5.41, 5.74) is 5.31. The van der Waals surface area contributed by atoms with Crippen molar-refractivity contribution in [3.05, 3.63) is 36.2 Å². The molecular formula is C31H44N4O2. The maximum absolute atomic E-state index is 12.9. The van der Waals surface area contributed by atoms with E-state index >= 15 is 0 Å². The molecule has 1 aromatic heterocycles. The van der Waals surface area contributed by atoms with Crippen LogP contribution in [-0.2, 0) is 16.0 Å². The third kappa shape index (κ3) is 5.89. The predicted octanol–water partition coefficient (Wildman–Crippen LogP) is 6.21. The SMILES string of the molecule is O=C(CC1CCCCC1)N1CCC(CN2CCCc3cc(-c4cnn(C5CCCCO5)c4)ccc32)CC1. The third-order valence-electron chi connectivity index (χ3n) is 9.31. The van der Waals surface area contributed by atoms with Crippen molar-refractivity contribution in [1.82, 2.24) is 14.7 Å². The molecule has 1 aliphatic carbocycles. The lowest BCUT2D eigenvalue weighted by Gasteiger charge is -2.38. The van der Waals surface area contributed by atoms with Gasteiger partial charge in [0.2, 0.25) is 5.91 Å². The molecule has 0 radical (unpaired) electrons. The van der Waals surface area contributed by atoms with E-state index in [1.54, 1.807) is 0 Å². The second-order valence-electron chi connectivity index (χ2n) is 12.0. The zero-order valence-electron chi connectivity index (χ0n) is 22.5. The Morgan fingerprint density at radius 1 is 0.892 bits per heavy atom. The normalized spacial score (nSPS) is 23.7. The summed E-state index contributed by atoms with van der Waals surface area (Å²) in [6.45, 7) is 5.00. The summed E-state index contributed by atoms with van der Waals surface area (Å²) in [7, 11) is 0. The fourth-order valence-electron chi connectivity index (χ4n) is 7.07. The number of fused-ring (bicyclic) bond motifs is 1. The van der Waals surface area contributed by atoms with E-state index in [1.165, 1.54) is 67.3 Å². The number of nitrogens with zero attached hydrogens (tertiary/aromatic N) is 4. The molecule has 1 amide bonds. The van der Waals surface area contributed by atoms with Gasteiger partial charge in [-0.05, 0) is 92.9 Å². The van der Waals surface area contributed by atoms with E-state index in [0.717, 1.165) is 71.3 Å². The number of hydrogen-bond acceptors (Lipinski definition) is 4. The number of ether oxygens (including phenoxy) is 1. The van der Waals surface area contributed by atoms with Gasteiger partial charge in [0.05, 0.1) is 6.20 Å². The highest BCUT2D eigenvalue weighted by molar-refractivity contribution is 5.76. The molecule has 2 aromatic rings. The van der Waals surface area contributed by atoms with Crippen LogP contribution in [0.4, 0.5) is 5.69 Å². The van der Waals surface area contributed by atoms with Gasteiger partial charge in [-0.3, -0.25) is 4.79 Å². The molecule has 37 heavy (non-hydrogen) atoms. The molecule has 4 aliphatic rings. The van der Waals surface area contributed by atoms with Gasteiger partial charge < -0.3 is 14.5 Å². The van der Waals surface area contributed by atoms with Crippen molar-refractivity contribution in [3.63, 3.8) is 0 Å². The number of rotatable bonds is 6. The largest absolute Gasteiger partial charge is 0.371 e. The van der Waals surface area contributed by atoms with Crippen molar-refractivity contribution < 1.29 is 9.53 Å². The van der Waals surface area contributed by atoms with Crippen molar-refractivity contribution in [2.24, 2.45) is 11.8 Å². The van der Waals surface area contributed by atoms with Gasteiger partial charge in [-0.25, -0.2) is 4.68 Å². The van der Waals surface area contributed by atoms with E-state index < -0.39 is 0 Å². The van der Waals surface area contributed by atoms with Gasteiger partial charge in [0.25, 0.3) is 0 Å². The van der Waals surface area contributed by atoms with Gasteiger partial charge in [0, 0.05) is 56.7 Å². The first-order valence-electron chi connectivity index (χ1n) is 15.0. The fraction of sp³-hybridized carbons (Fsp3) is 0.677. The lowest BCUT2D eigenvalue weighted by molar-refractivity contribution is -0.133. The summed E-state index contributed by atoms with van der Waals surface area (Å²) in [5.74, 6) is 1.74. The molecule has 1 unspecified atom stereocenters. The van der Waals surface area contributed by atoms with Gasteiger partial charge in [0.1, 0.15) is 6.23 Å². The average Bonchev–Trinajstić information content (AvgIpc) is 3.45. The molecule has 1 atom stereocenters. The van der Waals surface area contributed by atoms with Crippen LogP contribution in [0.2, 0.25) is 0 Å². The number of anilines is 1. The molecule has 200 valence electrons. The van der Waals surface area contributed by atoms with Gasteiger partial charge >= 0.3 is 0 Å². The molecule has 1 aromatic carbocycles. The van der Waals surface area contributed by atoms with E-state index in [-0.39, 0.29) is 6.23 Å². The minimum Gasteiger partial charge on any atom is -0.371 e. The highest BCUT2D eigenvalue weighted by Crippen LogP contribution is 2.34. The number of aromatic nitrogens is 2. The van der Waals surface area contributed by atoms with Crippen LogP contribution < -0.4 is 4.90 Å². The Balaban J connectivity index is 1.04. The molecule has 2 saturated heterocycles. The van der Waals surface area contributed by atoms with Crippen LogP contribution in [0.3, 0.4) is 0 Å². The number of carbonyl (C=O) groups excluding carboxylic acids is 1. The van der Waals surface area contributed by atoms with E-state index in [4.69, 9.17) is 4.74 Å². The molecule has 3 fully saturated rings. The van der Waals surface area contributed by atoms with E-state index in [1.807, 2.05) is 10.9 Å². The highest BCUT2D eigenvalue weighted by atomic mass is 16.5. The van der Waals surface area contributed by atoms with Gasteiger partial charge in [-0.2, -0.15) is 5.10 Å². The molecule has 6 nitrogen and oxygen atoms in total. The predicted molar refractivity (Wildman–Crippen MR) is 148 cm³/mol. The first-order valence-corrected chi connectivity index (χ1v) is 15.0. The van der Waals surface area contributed by atoms with Crippen LogP contribution in [0, 0.1) is 11.8 Å². The third-order valence-corrected chi connectivity index (χ3v) is 9.31. The van der Waals surface area contributed by atoms with Crippen LogP contribution in [0.25, 0.3) is 11.1 Å².